The molecule has 0 unspecified atom stereocenters. The van der Waals surface area contributed by atoms with Crippen LogP contribution in [-0.4, -0.2) is 21.1 Å². The van der Waals surface area contributed by atoms with Gasteiger partial charge in [0.15, 0.2) is 0 Å². The van der Waals surface area contributed by atoms with Crippen molar-refractivity contribution in [2.24, 2.45) is 0 Å². The first-order valence-corrected chi connectivity index (χ1v) is 8.55. The maximum absolute atomic E-state index is 11.9. The molecule has 1 aromatic carbocycles. The van der Waals surface area contributed by atoms with Gasteiger partial charge in [0.25, 0.3) is 0 Å². The molecule has 0 spiro atoms. The summed E-state index contributed by atoms with van der Waals surface area (Å²) in [6.45, 7) is 2.08. The third kappa shape index (κ3) is 3.55. The summed E-state index contributed by atoms with van der Waals surface area (Å²) in [6.07, 6.45) is 5.09. The molecule has 2 heterocycles. The highest BCUT2D eigenvalue weighted by Crippen LogP contribution is 2.22. The molecule has 1 amide bonds. The number of hydrogen-bond donors (Lipinski definition) is 1. The van der Waals surface area contributed by atoms with Crippen molar-refractivity contribution in [1.29, 1.82) is 0 Å². The molecule has 7 heteroatoms. The summed E-state index contributed by atoms with van der Waals surface area (Å²) in [6, 6.07) is 7.90. The second-order valence-corrected chi connectivity index (χ2v) is 6.72. The van der Waals surface area contributed by atoms with E-state index in [-0.39, 0.29) is 5.91 Å². The first-order valence-electron chi connectivity index (χ1n) is 6.91. The monoisotopic (exact) mass is 330 g/mol. The van der Waals surface area contributed by atoms with Gasteiger partial charge < -0.3 is 0 Å². The molecular weight excluding hydrogens is 316 g/mol. The van der Waals surface area contributed by atoms with Crippen LogP contribution in [0.3, 0.4) is 0 Å². The number of carbonyl (C=O) groups is 1. The molecule has 0 saturated heterocycles. The number of nitrogens with one attached hydrogen (secondary N) is 1. The molecule has 3 aromatic rings. The van der Waals surface area contributed by atoms with E-state index in [0.717, 1.165) is 33.1 Å². The molecule has 0 aliphatic rings. The van der Waals surface area contributed by atoms with Crippen LogP contribution in [0.15, 0.2) is 30.3 Å². The van der Waals surface area contributed by atoms with E-state index in [2.05, 4.69) is 27.4 Å². The average Bonchev–Trinajstić information content (AvgIpc) is 3.12. The van der Waals surface area contributed by atoms with Gasteiger partial charge in [0.2, 0.25) is 11.0 Å². The molecule has 0 bridgehead atoms. The molecule has 0 aliphatic heterocycles. The van der Waals surface area contributed by atoms with Crippen LogP contribution >= 0.6 is 22.7 Å². The number of nitrogens with zero attached hydrogens (tertiary/aromatic N) is 3. The number of rotatable bonds is 5. The molecule has 0 atom stereocenters. The molecule has 0 aliphatic carbocycles. The summed E-state index contributed by atoms with van der Waals surface area (Å²) >= 11 is 2.96. The minimum Gasteiger partial charge on any atom is -0.297 e. The Kier molecular flexibility index (Phi) is 4.55. The Morgan fingerprint density at radius 2 is 2.14 bits per heavy atom. The van der Waals surface area contributed by atoms with E-state index in [0.29, 0.717) is 5.13 Å². The van der Waals surface area contributed by atoms with Gasteiger partial charge in [-0.2, -0.15) is 0 Å². The Hall–Kier alpha value is -2.12. The van der Waals surface area contributed by atoms with E-state index >= 15 is 0 Å². The third-order valence-electron chi connectivity index (χ3n) is 2.85. The van der Waals surface area contributed by atoms with Gasteiger partial charge in [-0.25, -0.2) is 4.98 Å². The molecule has 22 heavy (non-hydrogen) atoms. The number of benzene rings is 1. The van der Waals surface area contributed by atoms with E-state index in [1.54, 1.807) is 17.4 Å². The smallest absolute Gasteiger partial charge is 0.250 e. The van der Waals surface area contributed by atoms with Gasteiger partial charge in [-0.3, -0.25) is 10.1 Å². The Morgan fingerprint density at radius 3 is 2.95 bits per heavy atom. The predicted octanol–water partition coefficient (Wildman–Crippen LogP) is 3.75. The molecule has 5 nitrogen and oxygen atoms in total. The van der Waals surface area contributed by atoms with Crippen molar-refractivity contribution in [3.8, 4) is 0 Å². The van der Waals surface area contributed by atoms with Gasteiger partial charge in [0.1, 0.15) is 10.0 Å². The summed E-state index contributed by atoms with van der Waals surface area (Å²) in [4.78, 5) is 16.3. The fourth-order valence-electron chi connectivity index (χ4n) is 1.87. The van der Waals surface area contributed by atoms with E-state index < -0.39 is 0 Å². The van der Waals surface area contributed by atoms with Crippen LogP contribution in [0.4, 0.5) is 5.13 Å². The Morgan fingerprint density at radius 1 is 1.27 bits per heavy atom. The van der Waals surface area contributed by atoms with Crippen molar-refractivity contribution in [3.63, 3.8) is 0 Å². The van der Waals surface area contributed by atoms with Crippen LogP contribution in [0.1, 0.15) is 23.4 Å². The lowest BCUT2D eigenvalue weighted by molar-refractivity contribution is -0.111. The highest BCUT2D eigenvalue weighted by atomic mass is 32.1. The maximum atomic E-state index is 11.9. The van der Waals surface area contributed by atoms with E-state index in [1.807, 2.05) is 24.3 Å². The highest BCUT2D eigenvalue weighted by Gasteiger charge is 2.06. The minimum atomic E-state index is -0.224. The van der Waals surface area contributed by atoms with Crippen molar-refractivity contribution in [2.45, 2.75) is 19.8 Å². The summed E-state index contributed by atoms with van der Waals surface area (Å²) in [7, 11) is 0. The summed E-state index contributed by atoms with van der Waals surface area (Å²) in [5.74, 6) is -0.224. The second-order valence-electron chi connectivity index (χ2n) is 4.59. The Balaban J connectivity index is 1.65. The molecule has 0 fully saturated rings. The zero-order chi connectivity index (χ0) is 15.4. The summed E-state index contributed by atoms with van der Waals surface area (Å²) in [5.41, 5.74) is 0.945. The number of aromatic nitrogens is 3. The topological polar surface area (TPSA) is 67.8 Å². The van der Waals surface area contributed by atoms with Crippen molar-refractivity contribution in [3.05, 3.63) is 40.4 Å². The molecule has 0 radical (unpaired) electrons. The van der Waals surface area contributed by atoms with Gasteiger partial charge >= 0.3 is 0 Å². The number of carbonyl (C=O) groups excluding carboxylic acids is 1. The molecule has 3 rings (SSSR count). The predicted molar refractivity (Wildman–Crippen MR) is 91.2 cm³/mol. The van der Waals surface area contributed by atoms with Crippen molar-refractivity contribution in [1.82, 2.24) is 15.2 Å². The number of para-hydroxylation sites is 1. The minimum absolute atomic E-state index is 0.224. The molecule has 1 N–H and O–H groups in total. The van der Waals surface area contributed by atoms with Gasteiger partial charge in [-0.15, -0.1) is 21.5 Å². The zero-order valence-corrected chi connectivity index (χ0v) is 13.6. The fraction of sp³-hybridized carbons (Fsp3) is 0.200. The van der Waals surface area contributed by atoms with E-state index in [1.165, 1.54) is 17.4 Å². The van der Waals surface area contributed by atoms with Crippen LogP contribution in [0.5, 0.6) is 0 Å². The second kappa shape index (κ2) is 6.76. The first-order chi connectivity index (χ1) is 10.7. The van der Waals surface area contributed by atoms with Crippen LogP contribution in [0, 0.1) is 0 Å². The number of fused-ring (bicyclic) bond motifs is 1. The van der Waals surface area contributed by atoms with Crippen LogP contribution in [0.2, 0.25) is 0 Å². The van der Waals surface area contributed by atoms with E-state index in [9.17, 15) is 4.79 Å². The summed E-state index contributed by atoms with van der Waals surface area (Å²) in [5, 5.41) is 13.0. The largest absolute Gasteiger partial charge is 0.297 e. The Bertz CT molecular complexity index is 789. The van der Waals surface area contributed by atoms with Crippen molar-refractivity contribution < 1.29 is 4.79 Å². The van der Waals surface area contributed by atoms with Gasteiger partial charge in [0, 0.05) is 12.5 Å². The van der Waals surface area contributed by atoms with Crippen molar-refractivity contribution >= 4 is 50.0 Å². The number of aryl methyl sites for hydroxylation is 1. The quantitative estimate of drug-likeness (QED) is 0.723. The SMILES string of the molecule is CCCc1nnc(NC(=O)/C=C/c2nc3ccccc3s2)s1. The average molecular weight is 330 g/mol. The molecule has 0 saturated carbocycles. The normalized spacial score (nSPS) is 11.3. The number of amides is 1. The first kappa shape index (κ1) is 14.8. The molecule has 2 aromatic heterocycles. The maximum Gasteiger partial charge on any atom is 0.250 e. The fourth-order valence-corrected chi connectivity index (χ4v) is 3.59. The lowest BCUT2D eigenvalue weighted by Crippen LogP contribution is -2.07. The summed E-state index contributed by atoms with van der Waals surface area (Å²) < 4.78 is 1.11. The highest BCUT2D eigenvalue weighted by molar-refractivity contribution is 7.19. The van der Waals surface area contributed by atoms with Gasteiger partial charge in [0.05, 0.1) is 10.2 Å². The number of hydrogen-bond acceptors (Lipinski definition) is 6. The number of anilines is 1. The van der Waals surface area contributed by atoms with Crippen LogP contribution < -0.4 is 5.32 Å². The van der Waals surface area contributed by atoms with Gasteiger partial charge in [-0.05, 0) is 24.6 Å². The van der Waals surface area contributed by atoms with Crippen molar-refractivity contribution in [2.75, 3.05) is 5.32 Å². The van der Waals surface area contributed by atoms with Gasteiger partial charge in [-0.1, -0.05) is 30.4 Å². The van der Waals surface area contributed by atoms with Crippen LogP contribution in [0.25, 0.3) is 16.3 Å². The molecular formula is C15H14N4OS2. The Labute approximate surface area is 135 Å². The van der Waals surface area contributed by atoms with Crippen LogP contribution in [-0.2, 0) is 11.2 Å². The number of thiazole rings is 1. The van der Waals surface area contributed by atoms with E-state index in [4.69, 9.17) is 0 Å². The third-order valence-corrected chi connectivity index (χ3v) is 4.75. The molecule has 112 valence electrons. The lowest BCUT2D eigenvalue weighted by Gasteiger charge is -1.93. The zero-order valence-electron chi connectivity index (χ0n) is 11.9. The standard InChI is InChI=1S/C15H14N4OS2/c1-2-5-14-18-19-15(22-14)17-12(20)8-9-13-16-10-6-3-4-7-11(10)21-13/h3-4,6-9H,2,5H2,1H3,(H,17,19,20)/b9-8+. The lowest BCUT2D eigenvalue weighted by atomic mass is 10.3.